The lowest BCUT2D eigenvalue weighted by Gasteiger charge is -2.43. The fraction of sp³-hybridized carbons (Fsp3) is 0.750. The SMILES string of the molecule is CCC(C)(C)C(=O)OC1CC(C(=O)OC(=O)OCC(C)C)C=C2C=CC(C)C(CCC(OC)OC)[C@H]21. The summed E-state index contributed by atoms with van der Waals surface area (Å²) in [6, 6.07) is 0. The molecule has 8 heteroatoms. The minimum Gasteiger partial charge on any atom is -0.461 e. The zero-order chi connectivity index (χ0) is 27.0. The van der Waals surface area contributed by atoms with E-state index in [1.807, 2.05) is 46.8 Å². The zero-order valence-corrected chi connectivity index (χ0v) is 23.1. The lowest BCUT2D eigenvalue weighted by molar-refractivity contribution is -0.167. The Bertz CT molecular complexity index is 823. The van der Waals surface area contributed by atoms with E-state index in [-0.39, 0.29) is 49.0 Å². The summed E-state index contributed by atoms with van der Waals surface area (Å²) >= 11 is 0. The van der Waals surface area contributed by atoms with Crippen LogP contribution in [0.2, 0.25) is 0 Å². The van der Waals surface area contributed by atoms with Crippen LogP contribution in [0.3, 0.4) is 0 Å². The smallest absolute Gasteiger partial charge is 0.461 e. The molecule has 0 aromatic heterocycles. The third-order valence-electron chi connectivity index (χ3n) is 7.37. The Morgan fingerprint density at radius 2 is 1.81 bits per heavy atom. The number of methoxy groups -OCH3 is 2. The monoisotopic (exact) mass is 508 g/mol. The predicted octanol–water partition coefficient (Wildman–Crippen LogP) is 5.45. The first-order valence-electron chi connectivity index (χ1n) is 13.0. The molecule has 0 amide bonds. The normalized spacial score (nSPS) is 25.8. The Morgan fingerprint density at radius 1 is 1.14 bits per heavy atom. The molecule has 2 aliphatic rings. The van der Waals surface area contributed by atoms with Crippen molar-refractivity contribution in [1.29, 1.82) is 0 Å². The van der Waals surface area contributed by atoms with Crippen LogP contribution < -0.4 is 0 Å². The van der Waals surface area contributed by atoms with Crippen LogP contribution in [0.4, 0.5) is 4.79 Å². The highest BCUT2D eigenvalue weighted by Gasteiger charge is 2.45. The van der Waals surface area contributed by atoms with Crippen molar-refractivity contribution in [2.45, 2.75) is 79.6 Å². The van der Waals surface area contributed by atoms with Crippen LogP contribution in [0.5, 0.6) is 0 Å². The summed E-state index contributed by atoms with van der Waals surface area (Å²) in [5, 5.41) is 0. The van der Waals surface area contributed by atoms with E-state index in [1.54, 1.807) is 14.2 Å². The lowest BCUT2D eigenvalue weighted by Crippen LogP contribution is -2.44. The van der Waals surface area contributed by atoms with Crippen molar-refractivity contribution >= 4 is 18.1 Å². The van der Waals surface area contributed by atoms with E-state index in [0.29, 0.717) is 12.8 Å². The number of hydrogen-bond acceptors (Lipinski definition) is 8. The van der Waals surface area contributed by atoms with Crippen molar-refractivity contribution in [2.75, 3.05) is 20.8 Å². The molecule has 0 heterocycles. The maximum Gasteiger partial charge on any atom is 0.516 e. The van der Waals surface area contributed by atoms with Crippen molar-refractivity contribution in [3.05, 3.63) is 23.8 Å². The van der Waals surface area contributed by atoms with Crippen molar-refractivity contribution in [3.8, 4) is 0 Å². The lowest BCUT2D eigenvalue weighted by atomic mass is 9.65. The topological polar surface area (TPSA) is 97.4 Å². The summed E-state index contributed by atoms with van der Waals surface area (Å²) in [6.45, 7) is 11.8. The number of hydrogen-bond donors (Lipinski definition) is 0. The number of esters is 2. The van der Waals surface area contributed by atoms with Crippen LogP contribution in [0.25, 0.3) is 0 Å². The number of ether oxygens (including phenoxy) is 5. The number of carbonyl (C=O) groups is 3. The highest BCUT2D eigenvalue weighted by Crippen LogP contribution is 2.45. The molecule has 8 nitrogen and oxygen atoms in total. The zero-order valence-electron chi connectivity index (χ0n) is 23.1. The van der Waals surface area contributed by atoms with E-state index in [0.717, 1.165) is 12.0 Å². The maximum atomic E-state index is 13.1. The molecule has 0 saturated carbocycles. The quantitative estimate of drug-likeness (QED) is 0.206. The van der Waals surface area contributed by atoms with Gasteiger partial charge in [0.05, 0.1) is 17.9 Å². The fourth-order valence-electron chi connectivity index (χ4n) is 4.70. The molecule has 0 radical (unpaired) electrons. The second-order valence-electron chi connectivity index (χ2n) is 11.0. The molecule has 0 fully saturated rings. The fourth-order valence-corrected chi connectivity index (χ4v) is 4.70. The number of fused-ring (bicyclic) bond motifs is 1. The van der Waals surface area contributed by atoms with Crippen LogP contribution in [-0.2, 0) is 33.3 Å². The molecule has 0 aromatic carbocycles. The van der Waals surface area contributed by atoms with Gasteiger partial charge in [-0.05, 0) is 56.4 Å². The summed E-state index contributed by atoms with van der Waals surface area (Å²) in [4.78, 5) is 38.0. The molecule has 0 spiro atoms. The van der Waals surface area contributed by atoms with Crippen LogP contribution >= 0.6 is 0 Å². The van der Waals surface area contributed by atoms with Gasteiger partial charge >= 0.3 is 18.1 Å². The third-order valence-corrected chi connectivity index (χ3v) is 7.37. The summed E-state index contributed by atoms with van der Waals surface area (Å²) in [5.41, 5.74) is 0.265. The van der Waals surface area contributed by atoms with Gasteiger partial charge in [0.15, 0.2) is 6.29 Å². The molecular weight excluding hydrogens is 464 g/mol. The second kappa shape index (κ2) is 13.4. The molecule has 204 valence electrons. The van der Waals surface area contributed by atoms with Gasteiger partial charge in [0, 0.05) is 26.6 Å². The Balaban J connectivity index is 2.31. The highest BCUT2D eigenvalue weighted by atomic mass is 16.7. The average Bonchev–Trinajstić information content (AvgIpc) is 2.84. The Hall–Kier alpha value is -2.19. The Labute approximate surface area is 215 Å². The minimum absolute atomic E-state index is 0.0899. The van der Waals surface area contributed by atoms with Gasteiger partial charge in [-0.15, -0.1) is 0 Å². The molecule has 2 rings (SSSR count). The Morgan fingerprint density at radius 3 is 2.39 bits per heavy atom. The van der Waals surface area contributed by atoms with Gasteiger partial charge in [-0.1, -0.05) is 45.9 Å². The molecule has 5 atom stereocenters. The summed E-state index contributed by atoms with van der Waals surface area (Å²) in [6.07, 6.45) is 6.44. The molecule has 0 N–H and O–H groups in total. The standard InChI is InChI=1S/C28H44O8/c1-9-28(5,6)26(30)35-22-15-20(25(29)36-27(31)34-16-17(2)3)14-19-11-10-18(4)21(24(19)22)12-13-23(32-7)33-8/h10-11,14,17-18,20-24H,9,12-13,15-16H2,1-8H3/t18?,20?,21?,22?,24-/m0/s1. The van der Waals surface area contributed by atoms with Crippen LogP contribution in [0, 0.1) is 35.0 Å². The molecule has 0 saturated heterocycles. The van der Waals surface area contributed by atoms with Gasteiger partial charge in [-0.3, -0.25) is 9.59 Å². The second-order valence-corrected chi connectivity index (χ2v) is 11.0. The molecule has 4 unspecified atom stereocenters. The Kier molecular flexibility index (Phi) is 11.2. The largest absolute Gasteiger partial charge is 0.516 e. The number of rotatable bonds is 11. The van der Waals surface area contributed by atoms with Gasteiger partial charge in [0.25, 0.3) is 0 Å². The molecule has 2 aliphatic carbocycles. The van der Waals surface area contributed by atoms with Gasteiger partial charge in [0.1, 0.15) is 6.10 Å². The summed E-state index contributed by atoms with van der Waals surface area (Å²) < 4.78 is 26.9. The van der Waals surface area contributed by atoms with Crippen molar-refractivity contribution in [1.82, 2.24) is 0 Å². The van der Waals surface area contributed by atoms with Crippen LogP contribution in [0.15, 0.2) is 23.8 Å². The van der Waals surface area contributed by atoms with Crippen molar-refractivity contribution < 1.29 is 38.1 Å². The van der Waals surface area contributed by atoms with E-state index in [9.17, 15) is 14.4 Å². The van der Waals surface area contributed by atoms with Crippen LogP contribution in [0.1, 0.15) is 67.2 Å². The van der Waals surface area contributed by atoms with E-state index < -0.39 is 29.6 Å². The highest BCUT2D eigenvalue weighted by molar-refractivity contribution is 5.85. The molecule has 0 aliphatic heterocycles. The maximum absolute atomic E-state index is 13.1. The molecule has 36 heavy (non-hydrogen) atoms. The number of allylic oxidation sites excluding steroid dienone is 2. The van der Waals surface area contributed by atoms with E-state index in [2.05, 4.69) is 13.0 Å². The molecular formula is C28H44O8. The first-order chi connectivity index (χ1) is 16.9. The van der Waals surface area contributed by atoms with Gasteiger partial charge in [0.2, 0.25) is 0 Å². The van der Waals surface area contributed by atoms with Gasteiger partial charge in [-0.2, -0.15) is 0 Å². The van der Waals surface area contributed by atoms with Crippen molar-refractivity contribution in [3.63, 3.8) is 0 Å². The van der Waals surface area contributed by atoms with Crippen LogP contribution in [-0.4, -0.2) is 51.3 Å². The van der Waals surface area contributed by atoms with Gasteiger partial charge < -0.3 is 23.7 Å². The summed E-state index contributed by atoms with van der Waals surface area (Å²) in [7, 11) is 3.23. The van der Waals surface area contributed by atoms with E-state index in [4.69, 9.17) is 23.7 Å². The first kappa shape index (κ1) is 30.0. The van der Waals surface area contributed by atoms with Gasteiger partial charge in [-0.25, -0.2) is 4.79 Å². The van der Waals surface area contributed by atoms with E-state index >= 15 is 0 Å². The third kappa shape index (κ3) is 7.90. The molecule has 0 bridgehead atoms. The van der Waals surface area contributed by atoms with Crippen molar-refractivity contribution in [2.24, 2.45) is 35.0 Å². The average molecular weight is 509 g/mol. The number of carbonyl (C=O) groups excluding carboxylic acids is 3. The molecule has 0 aromatic rings. The van der Waals surface area contributed by atoms with E-state index in [1.165, 1.54) is 0 Å². The first-order valence-corrected chi connectivity index (χ1v) is 13.0. The minimum atomic E-state index is -1.01. The predicted molar refractivity (Wildman–Crippen MR) is 135 cm³/mol. The summed E-state index contributed by atoms with van der Waals surface area (Å²) in [5.74, 6) is -1.30.